The molecule has 1 saturated heterocycles. The van der Waals surface area contributed by atoms with Crippen LogP contribution in [-0.4, -0.2) is 48.9 Å². The summed E-state index contributed by atoms with van der Waals surface area (Å²) >= 11 is 0. The van der Waals surface area contributed by atoms with Gasteiger partial charge in [0.25, 0.3) is 0 Å². The van der Waals surface area contributed by atoms with E-state index in [-0.39, 0.29) is 31.2 Å². The number of nitrogens with one attached hydrogen (secondary N) is 1. The van der Waals surface area contributed by atoms with Gasteiger partial charge in [0.05, 0.1) is 12.3 Å². The first-order valence-electron chi connectivity index (χ1n) is 9.97. The molecule has 1 atom stereocenters. The van der Waals surface area contributed by atoms with Crippen molar-refractivity contribution >= 4 is 27.5 Å². The smallest absolute Gasteiger partial charge is 0.247 e. The van der Waals surface area contributed by atoms with Crippen molar-refractivity contribution in [2.24, 2.45) is 0 Å². The minimum atomic E-state index is -3.68. The second-order valence-corrected chi connectivity index (χ2v) is 10.1. The molecular formula is C22H26FN3O4S. The molecule has 0 radical (unpaired) electrons. The van der Waals surface area contributed by atoms with Crippen molar-refractivity contribution in [1.29, 1.82) is 0 Å². The van der Waals surface area contributed by atoms with Gasteiger partial charge in [-0.3, -0.25) is 14.5 Å². The Bertz CT molecular complexity index is 1070. The molecule has 1 heterocycles. The number of benzene rings is 2. The molecule has 3 rings (SSSR count). The lowest BCUT2D eigenvalue weighted by Crippen LogP contribution is -2.70. The highest BCUT2D eigenvalue weighted by molar-refractivity contribution is 7.89. The molecule has 0 aliphatic carbocycles. The van der Waals surface area contributed by atoms with E-state index in [0.29, 0.717) is 11.3 Å². The number of carbonyl (C=O) groups is 2. The van der Waals surface area contributed by atoms with Crippen LogP contribution in [0.2, 0.25) is 0 Å². The molecule has 1 aliphatic rings. The van der Waals surface area contributed by atoms with E-state index in [4.69, 9.17) is 0 Å². The lowest BCUT2D eigenvalue weighted by molar-refractivity contribution is -0.133. The molecule has 1 aliphatic heterocycles. The van der Waals surface area contributed by atoms with Crippen LogP contribution >= 0.6 is 0 Å². The maximum Gasteiger partial charge on any atom is 0.247 e. The molecule has 2 aromatic rings. The topological polar surface area (TPSA) is 86.8 Å². The summed E-state index contributed by atoms with van der Waals surface area (Å²) in [6.45, 7) is 4.58. The van der Waals surface area contributed by atoms with E-state index in [9.17, 15) is 22.4 Å². The number of halogens is 1. The number of hydrogen-bond acceptors (Lipinski definition) is 4. The first-order valence-corrected chi connectivity index (χ1v) is 11.6. The largest absolute Gasteiger partial charge is 0.350 e. The zero-order valence-corrected chi connectivity index (χ0v) is 18.6. The molecule has 1 N–H and O–H groups in total. The molecule has 2 aromatic carbocycles. The van der Waals surface area contributed by atoms with Crippen molar-refractivity contribution in [3.63, 3.8) is 0 Å². The monoisotopic (exact) mass is 447 g/mol. The van der Waals surface area contributed by atoms with Crippen LogP contribution in [0.15, 0.2) is 48.5 Å². The number of carbonyl (C=O) groups excluding carboxylic acids is 2. The van der Waals surface area contributed by atoms with Gasteiger partial charge in [-0.05, 0) is 50.6 Å². The summed E-state index contributed by atoms with van der Waals surface area (Å²) in [7, 11) is -3.68. The Morgan fingerprint density at radius 1 is 1.13 bits per heavy atom. The van der Waals surface area contributed by atoms with E-state index >= 15 is 0 Å². The van der Waals surface area contributed by atoms with Gasteiger partial charge in [-0.15, -0.1) is 0 Å². The normalized spacial score (nSPS) is 20.0. The third-order valence-corrected chi connectivity index (χ3v) is 7.22. The van der Waals surface area contributed by atoms with Crippen molar-refractivity contribution < 1.29 is 22.4 Å². The van der Waals surface area contributed by atoms with Crippen molar-refractivity contribution in [1.82, 2.24) is 9.62 Å². The molecule has 7 nitrogen and oxygen atoms in total. The molecule has 9 heteroatoms. The Hall–Kier alpha value is -2.78. The Morgan fingerprint density at radius 3 is 2.32 bits per heavy atom. The molecule has 2 amide bonds. The summed E-state index contributed by atoms with van der Waals surface area (Å²) in [5, 5.41) is 2.77. The minimum Gasteiger partial charge on any atom is -0.350 e. The van der Waals surface area contributed by atoms with Crippen molar-refractivity contribution in [2.45, 2.75) is 32.9 Å². The van der Waals surface area contributed by atoms with Crippen LogP contribution in [0, 0.1) is 12.7 Å². The highest BCUT2D eigenvalue weighted by atomic mass is 32.2. The lowest BCUT2D eigenvalue weighted by atomic mass is 9.94. The zero-order chi connectivity index (χ0) is 22.8. The van der Waals surface area contributed by atoms with Gasteiger partial charge < -0.3 is 5.32 Å². The summed E-state index contributed by atoms with van der Waals surface area (Å²) in [6.07, 6.45) is 0. The summed E-state index contributed by atoms with van der Waals surface area (Å²) in [5.41, 5.74) is 0.724. The fraction of sp³-hybridized carbons (Fsp3) is 0.364. The van der Waals surface area contributed by atoms with Crippen LogP contribution in [-0.2, 0) is 26.2 Å². The minimum absolute atomic E-state index is 0.116. The van der Waals surface area contributed by atoms with Gasteiger partial charge in [0.1, 0.15) is 11.4 Å². The average Bonchev–Trinajstić information content (AvgIpc) is 2.74. The third-order valence-electron chi connectivity index (χ3n) is 5.44. The lowest BCUT2D eigenvalue weighted by Gasteiger charge is -2.46. The van der Waals surface area contributed by atoms with E-state index in [2.05, 4.69) is 5.32 Å². The van der Waals surface area contributed by atoms with Gasteiger partial charge in [-0.25, -0.2) is 12.8 Å². The van der Waals surface area contributed by atoms with E-state index in [1.165, 1.54) is 24.0 Å². The van der Waals surface area contributed by atoms with E-state index in [0.717, 1.165) is 9.87 Å². The van der Waals surface area contributed by atoms with Crippen LogP contribution in [0.3, 0.4) is 0 Å². The van der Waals surface area contributed by atoms with Gasteiger partial charge in [0, 0.05) is 18.8 Å². The summed E-state index contributed by atoms with van der Waals surface area (Å²) in [6, 6.07) is 12.8. The average molecular weight is 448 g/mol. The first-order chi connectivity index (χ1) is 14.6. The fourth-order valence-electron chi connectivity index (χ4n) is 3.62. The van der Waals surface area contributed by atoms with Crippen LogP contribution in [0.25, 0.3) is 0 Å². The number of anilines is 1. The van der Waals surface area contributed by atoms with Gasteiger partial charge in [-0.1, -0.05) is 29.8 Å². The summed E-state index contributed by atoms with van der Waals surface area (Å²) in [4.78, 5) is 27.8. The number of nitrogens with zero attached hydrogens (tertiary/aromatic N) is 2. The Morgan fingerprint density at radius 2 is 1.74 bits per heavy atom. The Labute approximate surface area is 181 Å². The molecule has 0 saturated carbocycles. The van der Waals surface area contributed by atoms with Crippen LogP contribution < -0.4 is 10.2 Å². The number of piperazine rings is 1. The number of rotatable bonds is 6. The standard InChI is InChI=1S/C22H26FN3O4S/c1-4-31(29,30)25-14-20(27)26(19-11-5-16(2)6-12-19)22(3,15-25)21(28)24-13-17-7-9-18(23)10-8-17/h5-12H,4,13-15H2,1-3H3,(H,24,28)/t22-/m0/s1. The molecule has 0 aromatic heterocycles. The van der Waals surface area contributed by atoms with Crippen molar-refractivity contribution in [3.05, 3.63) is 65.5 Å². The second-order valence-electron chi connectivity index (χ2n) is 7.82. The number of amides is 2. The van der Waals surface area contributed by atoms with Crippen molar-refractivity contribution in [2.75, 3.05) is 23.7 Å². The zero-order valence-electron chi connectivity index (χ0n) is 17.8. The molecule has 166 valence electrons. The SMILES string of the molecule is CCS(=O)(=O)N1CC(=O)N(c2ccc(C)cc2)[C@](C)(C(=O)NCc2ccc(F)cc2)C1. The van der Waals surface area contributed by atoms with E-state index < -0.39 is 27.4 Å². The Kier molecular flexibility index (Phi) is 6.47. The van der Waals surface area contributed by atoms with Gasteiger partial charge in [0.15, 0.2) is 0 Å². The maximum absolute atomic E-state index is 13.3. The summed E-state index contributed by atoms with van der Waals surface area (Å²) < 4.78 is 39.2. The van der Waals surface area contributed by atoms with E-state index in [1.807, 2.05) is 19.1 Å². The molecule has 0 bridgehead atoms. The predicted octanol–water partition coefficient (Wildman–Crippen LogP) is 2.21. The number of aryl methyl sites for hydroxylation is 1. The van der Waals surface area contributed by atoms with Gasteiger partial charge in [0.2, 0.25) is 21.8 Å². The predicted molar refractivity (Wildman–Crippen MR) is 116 cm³/mol. The second kappa shape index (κ2) is 8.76. The number of hydrogen-bond donors (Lipinski definition) is 1. The van der Waals surface area contributed by atoms with Crippen molar-refractivity contribution in [3.8, 4) is 0 Å². The highest BCUT2D eigenvalue weighted by Crippen LogP contribution is 2.31. The van der Waals surface area contributed by atoms with Gasteiger partial charge in [-0.2, -0.15) is 4.31 Å². The number of sulfonamides is 1. The van der Waals surface area contributed by atoms with Gasteiger partial charge >= 0.3 is 0 Å². The quantitative estimate of drug-likeness (QED) is 0.736. The molecule has 0 unspecified atom stereocenters. The summed E-state index contributed by atoms with van der Waals surface area (Å²) in [5.74, 6) is -1.53. The molecule has 31 heavy (non-hydrogen) atoms. The van der Waals surface area contributed by atoms with Crippen LogP contribution in [0.4, 0.5) is 10.1 Å². The van der Waals surface area contributed by atoms with E-state index in [1.54, 1.807) is 31.2 Å². The molecule has 1 fully saturated rings. The van der Waals surface area contributed by atoms with Crippen LogP contribution in [0.5, 0.6) is 0 Å². The third kappa shape index (κ3) is 4.77. The highest BCUT2D eigenvalue weighted by Gasteiger charge is 2.50. The molecule has 0 spiro atoms. The molecular weight excluding hydrogens is 421 g/mol. The Balaban J connectivity index is 1.94. The van der Waals surface area contributed by atoms with Crippen LogP contribution in [0.1, 0.15) is 25.0 Å². The maximum atomic E-state index is 13.3. The fourth-order valence-corrected chi connectivity index (χ4v) is 4.74. The first kappa shape index (κ1) is 22.9.